The molecule has 1 heterocycles. The molecule has 2 unspecified atom stereocenters. The van der Waals surface area contributed by atoms with Crippen LogP contribution in [0.25, 0.3) is 0 Å². The van der Waals surface area contributed by atoms with Gasteiger partial charge in [-0.05, 0) is 61.5 Å². The number of aromatic nitrogens is 1. The zero-order valence-corrected chi connectivity index (χ0v) is 25.3. The first-order valence-electron chi connectivity index (χ1n) is 14.2. The van der Waals surface area contributed by atoms with E-state index >= 15 is 0 Å². The Balaban J connectivity index is 1.71. The number of hydrogen-bond acceptors (Lipinski definition) is 4. The zero-order valence-electron chi connectivity index (χ0n) is 24.5. The summed E-state index contributed by atoms with van der Waals surface area (Å²) in [4.78, 5) is 17.7. The molecule has 1 aromatic rings. The molecule has 0 bridgehead atoms. The van der Waals surface area contributed by atoms with Crippen molar-refractivity contribution in [1.29, 1.82) is 0 Å². The van der Waals surface area contributed by atoms with E-state index in [2.05, 4.69) is 54.8 Å². The van der Waals surface area contributed by atoms with Crippen LogP contribution in [-0.4, -0.2) is 43.8 Å². The number of methoxy groups -OCH3 is 1. The van der Waals surface area contributed by atoms with Gasteiger partial charge >= 0.3 is 6.02 Å². The fourth-order valence-electron chi connectivity index (χ4n) is 4.90. The molecular formula is C32H45ClN4O2. The summed E-state index contributed by atoms with van der Waals surface area (Å²) >= 11 is 6.67. The Morgan fingerprint density at radius 2 is 2.00 bits per heavy atom. The molecule has 39 heavy (non-hydrogen) atoms. The van der Waals surface area contributed by atoms with Crippen molar-refractivity contribution in [3.05, 3.63) is 58.3 Å². The number of amidine groups is 2. The van der Waals surface area contributed by atoms with Gasteiger partial charge in [0.25, 0.3) is 0 Å². The van der Waals surface area contributed by atoms with Crippen LogP contribution in [0.5, 0.6) is 5.88 Å². The van der Waals surface area contributed by atoms with E-state index in [0.717, 1.165) is 48.7 Å². The number of hydrogen-bond donors (Lipinski definition) is 0. The molecular weight excluding hydrogens is 508 g/mol. The molecule has 1 saturated carbocycles. The van der Waals surface area contributed by atoms with Gasteiger partial charge in [0.2, 0.25) is 5.88 Å². The van der Waals surface area contributed by atoms with Crippen LogP contribution in [0, 0.1) is 17.3 Å². The largest absolute Gasteiger partial charge is 0.478 e. The first-order chi connectivity index (χ1) is 18.7. The van der Waals surface area contributed by atoms with Crippen LogP contribution >= 0.6 is 11.6 Å². The topological polar surface area (TPSA) is 68.4 Å². The highest BCUT2D eigenvalue weighted by Gasteiger charge is 2.37. The number of allylic oxidation sites excluding steroid dienone is 6. The molecule has 1 fully saturated rings. The molecule has 0 radical (unpaired) electrons. The van der Waals surface area contributed by atoms with Crippen LogP contribution < -0.4 is 4.74 Å². The van der Waals surface area contributed by atoms with Crippen molar-refractivity contribution in [2.45, 2.75) is 79.1 Å². The number of rotatable bonds is 12. The minimum Gasteiger partial charge on any atom is -0.478 e. The molecule has 212 valence electrons. The molecule has 3 rings (SSSR count). The van der Waals surface area contributed by atoms with E-state index in [4.69, 9.17) is 26.1 Å². The Morgan fingerprint density at radius 3 is 2.64 bits per heavy atom. The van der Waals surface area contributed by atoms with Gasteiger partial charge in [-0.2, -0.15) is 4.99 Å². The Morgan fingerprint density at radius 1 is 1.21 bits per heavy atom. The van der Waals surface area contributed by atoms with Gasteiger partial charge in [-0.25, -0.2) is 15.0 Å². The number of nitrogens with zero attached hydrogens (tertiary/aromatic N) is 4. The van der Waals surface area contributed by atoms with E-state index in [-0.39, 0.29) is 11.4 Å². The highest BCUT2D eigenvalue weighted by molar-refractivity contribution is 6.34. The lowest BCUT2D eigenvalue weighted by molar-refractivity contribution is 0.294. The smallest absolute Gasteiger partial charge is 0.313 e. The second-order valence-corrected chi connectivity index (χ2v) is 11.8. The SMILES string of the molecule is CCCCCCOc1ccc(C(N=CC2=CCC(CC(C)(C)CC3CC3C)=CC=C2Cl)=NC(=NC)OC)cn1. The van der Waals surface area contributed by atoms with Gasteiger partial charge in [-0.1, -0.05) is 76.3 Å². The van der Waals surface area contributed by atoms with E-state index in [1.165, 1.54) is 38.4 Å². The number of aliphatic imine (C=N–C) groups is 3. The summed E-state index contributed by atoms with van der Waals surface area (Å²) in [5, 5.41) is 0.655. The maximum Gasteiger partial charge on any atom is 0.313 e. The van der Waals surface area contributed by atoms with Crippen molar-refractivity contribution >= 4 is 29.7 Å². The summed E-state index contributed by atoms with van der Waals surface area (Å²) in [5.41, 5.74) is 3.25. The van der Waals surface area contributed by atoms with Crippen LogP contribution in [0.15, 0.2) is 67.7 Å². The predicted molar refractivity (Wildman–Crippen MR) is 164 cm³/mol. The van der Waals surface area contributed by atoms with Crippen LogP contribution in [0.3, 0.4) is 0 Å². The summed E-state index contributed by atoms with van der Waals surface area (Å²) in [6.45, 7) is 9.97. The molecule has 7 heteroatoms. The molecule has 0 saturated heterocycles. The second-order valence-electron chi connectivity index (χ2n) is 11.4. The Bertz CT molecular complexity index is 1130. The predicted octanol–water partition coefficient (Wildman–Crippen LogP) is 8.33. The summed E-state index contributed by atoms with van der Waals surface area (Å²) in [6, 6.07) is 3.97. The number of unbranched alkanes of at least 4 members (excludes halogenated alkanes) is 3. The standard InChI is InChI=1S/C32H45ClN4O2/c1-7-8-9-10-17-39-29-16-14-26(22-35-29)30(37-31(34-5)38-6)36-21-25-13-11-24(12-15-28(25)33)19-32(3,4)20-27-18-23(27)2/h12-16,21-23,27H,7-11,17-20H2,1-6H3. The molecule has 0 N–H and O–H groups in total. The Labute approximate surface area is 240 Å². The average molecular weight is 553 g/mol. The highest BCUT2D eigenvalue weighted by Crippen LogP contribution is 2.47. The monoisotopic (exact) mass is 552 g/mol. The van der Waals surface area contributed by atoms with E-state index in [1.54, 1.807) is 19.5 Å². The Kier molecular flexibility index (Phi) is 12.0. The minimum atomic E-state index is 0.228. The molecule has 2 atom stereocenters. The maximum atomic E-state index is 6.67. The van der Waals surface area contributed by atoms with Crippen molar-refractivity contribution < 1.29 is 9.47 Å². The van der Waals surface area contributed by atoms with Crippen molar-refractivity contribution in [2.24, 2.45) is 32.2 Å². The normalized spacial score (nSPS) is 20.3. The molecule has 0 spiro atoms. The van der Waals surface area contributed by atoms with Crippen molar-refractivity contribution in [3.63, 3.8) is 0 Å². The fourth-order valence-corrected chi connectivity index (χ4v) is 5.09. The van der Waals surface area contributed by atoms with Gasteiger partial charge in [-0.3, -0.25) is 0 Å². The van der Waals surface area contributed by atoms with Gasteiger partial charge in [0.05, 0.1) is 13.7 Å². The average Bonchev–Trinajstić information content (AvgIpc) is 3.64. The van der Waals surface area contributed by atoms with Gasteiger partial charge < -0.3 is 9.47 Å². The lowest BCUT2D eigenvalue weighted by atomic mass is 9.79. The van der Waals surface area contributed by atoms with E-state index in [1.807, 2.05) is 18.2 Å². The molecule has 2 aliphatic rings. The van der Waals surface area contributed by atoms with Crippen LogP contribution in [0.1, 0.15) is 84.6 Å². The lowest BCUT2D eigenvalue weighted by Crippen LogP contribution is -2.13. The van der Waals surface area contributed by atoms with Gasteiger partial charge in [0, 0.05) is 41.7 Å². The van der Waals surface area contributed by atoms with E-state index in [9.17, 15) is 0 Å². The minimum absolute atomic E-state index is 0.228. The second kappa shape index (κ2) is 15.2. The van der Waals surface area contributed by atoms with Gasteiger partial charge in [0.15, 0.2) is 5.84 Å². The molecule has 0 aromatic carbocycles. The fraction of sp³-hybridized carbons (Fsp3) is 0.562. The zero-order chi connectivity index (χ0) is 28.3. The molecule has 1 aromatic heterocycles. The summed E-state index contributed by atoms with van der Waals surface area (Å²) in [5.74, 6) is 2.78. The van der Waals surface area contributed by atoms with Gasteiger partial charge in [-0.15, -0.1) is 0 Å². The summed E-state index contributed by atoms with van der Waals surface area (Å²) in [6.07, 6.45) is 18.9. The highest BCUT2D eigenvalue weighted by atomic mass is 35.5. The quantitative estimate of drug-likeness (QED) is 0.149. The Hall–Kier alpha value is -2.73. The number of pyridine rings is 1. The van der Waals surface area contributed by atoms with E-state index < -0.39 is 0 Å². The number of ether oxygens (including phenoxy) is 2. The first kappa shape index (κ1) is 30.8. The summed E-state index contributed by atoms with van der Waals surface area (Å²) < 4.78 is 11.1. The third-order valence-electron chi connectivity index (χ3n) is 7.27. The molecule has 0 amide bonds. The summed E-state index contributed by atoms with van der Waals surface area (Å²) in [7, 11) is 3.16. The third-order valence-corrected chi connectivity index (χ3v) is 7.61. The van der Waals surface area contributed by atoms with Crippen molar-refractivity contribution in [3.8, 4) is 5.88 Å². The third kappa shape index (κ3) is 10.4. The molecule has 0 aliphatic heterocycles. The van der Waals surface area contributed by atoms with E-state index in [0.29, 0.717) is 23.4 Å². The van der Waals surface area contributed by atoms with Crippen LogP contribution in [0.4, 0.5) is 0 Å². The molecule has 6 nitrogen and oxygen atoms in total. The van der Waals surface area contributed by atoms with Crippen LogP contribution in [0.2, 0.25) is 0 Å². The van der Waals surface area contributed by atoms with Crippen LogP contribution in [-0.2, 0) is 4.74 Å². The van der Waals surface area contributed by atoms with Crippen molar-refractivity contribution in [1.82, 2.24) is 4.98 Å². The van der Waals surface area contributed by atoms with Gasteiger partial charge in [0.1, 0.15) is 0 Å². The van der Waals surface area contributed by atoms with Crippen molar-refractivity contribution in [2.75, 3.05) is 20.8 Å². The first-order valence-corrected chi connectivity index (χ1v) is 14.6. The molecule has 2 aliphatic carbocycles. The number of halogens is 1. The maximum absolute atomic E-state index is 6.67. The lowest BCUT2D eigenvalue weighted by Gasteiger charge is -2.26.